The fourth-order valence-electron chi connectivity index (χ4n) is 5.54. The minimum Gasteiger partial charge on any atom is -0.460 e. The maximum absolute atomic E-state index is 13.9. The molecule has 3 unspecified atom stereocenters. The smallest absolute Gasteiger partial charge is 0.308 e. The van der Waals surface area contributed by atoms with E-state index in [2.05, 4.69) is 26.2 Å². The molecule has 0 radical (unpaired) electrons. The SMILES string of the molecule is CC(C)(C)OC(=O)CC(NC(=O)C1CCCN2C(=O)CCC(NC(=O)c3ccccc3)C(=O)N12)C(=O)CSc1nnnn1-c1ccccc1. The van der Waals surface area contributed by atoms with Gasteiger partial charge in [-0.2, -0.15) is 4.68 Å². The number of nitrogens with zero attached hydrogens (tertiary/aromatic N) is 6. The van der Waals surface area contributed by atoms with Crippen LogP contribution in [0.4, 0.5) is 0 Å². The van der Waals surface area contributed by atoms with Crippen molar-refractivity contribution in [1.29, 1.82) is 0 Å². The number of rotatable bonds is 11. The highest BCUT2D eigenvalue weighted by Gasteiger charge is 2.45. The fourth-order valence-corrected chi connectivity index (χ4v) is 6.37. The molecule has 2 aliphatic heterocycles. The van der Waals surface area contributed by atoms with E-state index >= 15 is 0 Å². The Kier molecular flexibility index (Phi) is 11.1. The van der Waals surface area contributed by atoms with E-state index in [0.29, 0.717) is 22.8 Å². The van der Waals surface area contributed by atoms with Crippen LogP contribution in [-0.4, -0.2) is 102 Å². The number of para-hydroxylation sites is 1. The normalized spacial score (nSPS) is 18.6. The molecule has 3 aromatic rings. The molecule has 1 aromatic heterocycles. The van der Waals surface area contributed by atoms with E-state index in [1.165, 1.54) is 9.69 Å². The van der Waals surface area contributed by atoms with Gasteiger partial charge in [-0.1, -0.05) is 48.2 Å². The van der Waals surface area contributed by atoms with Crippen molar-refractivity contribution in [2.45, 2.75) is 81.8 Å². The van der Waals surface area contributed by atoms with Crippen LogP contribution in [0.2, 0.25) is 0 Å². The number of fused-ring (bicyclic) bond motifs is 1. The highest BCUT2D eigenvalue weighted by molar-refractivity contribution is 7.99. The standard InChI is InChI=1S/C33H38N8O7S/c1-33(2,3)48-28(44)19-24(26(42)20-49-32-36-37-38-40(32)22-13-8-5-9-14-22)35-30(46)25-15-10-18-39-27(43)17-16-23(31(47)41(25)39)34-29(45)21-11-6-4-7-12-21/h4-9,11-14,23-25H,10,15-20H2,1-3H3,(H,34,45)(H,35,46). The maximum Gasteiger partial charge on any atom is 0.308 e. The van der Waals surface area contributed by atoms with E-state index < -0.39 is 59.6 Å². The number of tetrazole rings is 1. The van der Waals surface area contributed by atoms with Gasteiger partial charge in [-0.05, 0) is 74.7 Å². The van der Waals surface area contributed by atoms with Gasteiger partial charge in [0.2, 0.25) is 17.0 Å². The maximum atomic E-state index is 13.9. The number of ether oxygens (including phenoxy) is 1. The number of hydrazine groups is 1. The first-order chi connectivity index (χ1) is 23.4. The van der Waals surface area contributed by atoms with Gasteiger partial charge in [0.25, 0.3) is 11.8 Å². The third-order valence-corrected chi connectivity index (χ3v) is 8.73. The lowest BCUT2D eigenvalue weighted by molar-refractivity contribution is -0.176. The summed E-state index contributed by atoms with van der Waals surface area (Å²) in [6.45, 7) is 5.27. The Morgan fingerprint density at radius 1 is 1.00 bits per heavy atom. The predicted octanol–water partition coefficient (Wildman–Crippen LogP) is 1.87. The van der Waals surface area contributed by atoms with Crippen LogP contribution in [0.3, 0.4) is 0 Å². The summed E-state index contributed by atoms with van der Waals surface area (Å²) in [7, 11) is 0. The molecule has 2 N–H and O–H groups in total. The minimum atomic E-state index is -1.32. The molecule has 2 fully saturated rings. The molecule has 0 bridgehead atoms. The van der Waals surface area contributed by atoms with Crippen LogP contribution in [0.25, 0.3) is 5.69 Å². The van der Waals surface area contributed by atoms with Gasteiger partial charge in [0.15, 0.2) is 5.78 Å². The zero-order chi connectivity index (χ0) is 35.1. The Morgan fingerprint density at radius 2 is 1.69 bits per heavy atom. The van der Waals surface area contributed by atoms with Crippen LogP contribution in [0, 0.1) is 0 Å². The van der Waals surface area contributed by atoms with Gasteiger partial charge >= 0.3 is 5.97 Å². The van der Waals surface area contributed by atoms with E-state index in [-0.39, 0.29) is 37.5 Å². The van der Waals surface area contributed by atoms with Gasteiger partial charge in [0.05, 0.1) is 23.9 Å². The molecule has 16 heteroatoms. The summed E-state index contributed by atoms with van der Waals surface area (Å²) in [5.74, 6) is -3.61. The number of hydrogen-bond donors (Lipinski definition) is 2. The lowest BCUT2D eigenvalue weighted by atomic mass is 10.0. The van der Waals surface area contributed by atoms with Crippen LogP contribution in [-0.2, 0) is 28.7 Å². The molecule has 2 aliphatic rings. The number of Topliss-reactive ketones (excluding diaryl/α,β-unsaturated/α-hetero) is 1. The van der Waals surface area contributed by atoms with Crippen molar-refractivity contribution in [2.75, 3.05) is 12.3 Å². The largest absolute Gasteiger partial charge is 0.460 e. The Bertz CT molecular complexity index is 1700. The molecule has 0 spiro atoms. The van der Waals surface area contributed by atoms with E-state index in [1.807, 2.05) is 18.2 Å². The molecule has 15 nitrogen and oxygen atoms in total. The first-order valence-electron chi connectivity index (χ1n) is 15.9. The molecule has 5 rings (SSSR count). The molecule has 3 heterocycles. The van der Waals surface area contributed by atoms with Gasteiger partial charge in [-0.15, -0.1) is 5.10 Å². The van der Waals surface area contributed by atoms with Gasteiger partial charge in [0, 0.05) is 18.5 Å². The minimum absolute atomic E-state index is 0.0181. The zero-order valence-electron chi connectivity index (χ0n) is 27.4. The number of amides is 4. The molecule has 0 saturated carbocycles. The second-order valence-electron chi connectivity index (χ2n) is 12.6. The monoisotopic (exact) mass is 690 g/mol. The van der Waals surface area contributed by atoms with Crippen LogP contribution >= 0.6 is 11.8 Å². The molecule has 4 amide bonds. The quantitative estimate of drug-likeness (QED) is 0.221. The lowest BCUT2D eigenvalue weighted by Crippen LogP contribution is -2.64. The molecule has 49 heavy (non-hydrogen) atoms. The second-order valence-corrected chi connectivity index (χ2v) is 13.5. The first-order valence-corrected chi connectivity index (χ1v) is 16.9. The Morgan fingerprint density at radius 3 is 2.39 bits per heavy atom. The molecule has 0 aliphatic carbocycles. The predicted molar refractivity (Wildman–Crippen MR) is 176 cm³/mol. The van der Waals surface area contributed by atoms with Crippen LogP contribution in [0.1, 0.15) is 63.2 Å². The summed E-state index contributed by atoms with van der Waals surface area (Å²) < 4.78 is 6.91. The Hall–Kier alpha value is -5.12. The average molecular weight is 691 g/mol. The van der Waals surface area contributed by atoms with Crippen molar-refractivity contribution in [2.24, 2.45) is 0 Å². The van der Waals surface area contributed by atoms with E-state index in [1.54, 1.807) is 63.2 Å². The average Bonchev–Trinajstić information content (AvgIpc) is 3.52. The van der Waals surface area contributed by atoms with Crippen molar-refractivity contribution in [3.8, 4) is 5.69 Å². The Balaban J connectivity index is 1.34. The molecule has 2 saturated heterocycles. The van der Waals surface area contributed by atoms with Crippen molar-refractivity contribution in [3.63, 3.8) is 0 Å². The van der Waals surface area contributed by atoms with Gasteiger partial charge in [0.1, 0.15) is 17.7 Å². The summed E-state index contributed by atoms with van der Waals surface area (Å²) in [5, 5.41) is 19.8. The zero-order valence-corrected chi connectivity index (χ0v) is 28.2. The number of ketones is 1. The number of esters is 1. The molecular weight excluding hydrogens is 652 g/mol. The number of nitrogens with one attached hydrogen (secondary N) is 2. The lowest BCUT2D eigenvalue weighted by Gasteiger charge is -2.43. The van der Waals surface area contributed by atoms with E-state index in [9.17, 15) is 28.8 Å². The third kappa shape index (κ3) is 8.87. The number of thioether (sulfide) groups is 1. The summed E-state index contributed by atoms with van der Waals surface area (Å²) >= 11 is 1.03. The van der Waals surface area contributed by atoms with Crippen LogP contribution in [0.15, 0.2) is 65.8 Å². The van der Waals surface area contributed by atoms with Crippen LogP contribution in [0.5, 0.6) is 0 Å². The van der Waals surface area contributed by atoms with Crippen molar-refractivity contribution in [3.05, 3.63) is 66.2 Å². The highest BCUT2D eigenvalue weighted by Crippen LogP contribution is 2.26. The molecular formula is C33H38N8O7S. The third-order valence-electron chi connectivity index (χ3n) is 7.79. The summed E-state index contributed by atoms with van der Waals surface area (Å²) in [4.78, 5) is 80.5. The highest BCUT2D eigenvalue weighted by atomic mass is 32.2. The van der Waals surface area contributed by atoms with Gasteiger partial charge in [-0.25, -0.2) is 5.01 Å². The topological polar surface area (TPSA) is 186 Å². The molecule has 2 aromatic carbocycles. The number of aromatic nitrogens is 4. The number of carbonyl (C=O) groups excluding carboxylic acids is 6. The number of benzene rings is 2. The van der Waals surface area contributed by atoms with Crippen molar-refractivity contribution < 1.29 is 33.5 Å². The summed E-state index contributed by atoms with van der Waals surface area (Å²) in [5.41, 5.74) is 0.177. The van der Waals surface area contributed by atoms with Gasteiger partial charge < -0.3 is 15.4 Å². The van der Waals surface area contributed by atoms with Crippen LogP contribution < -0.4 is 10.6 Å². The Labute approximate surface area is 287 Å². The molecule has 3 atom stereocenters. The van der Waals surface area contributed by atoms with Gasteiger partial charge in [-0.3, -0.25) is 33.8 Å². The van der Waals surface area contributed by atoms with Crippen molar-refractivity contribution >= 4 is 47.1 Å². The number of carbonyl (C=O) groups is 6. The second kappa shape index (κ2) is 15.4. The van der Waals surface area contributed by atoms with Crippen molar-refractivity contribution in [1.82, 2.24) is 40.9 Å². The first kappa shape index (κ1) is 35.2. The fraction of sp³-hybridized carbons (Fsp3) is 0.424. The van der Waals surface area contributed by atoms with E-state index in [4.69, 9.17) is 4.74 Å². The number of hydrogen-bond acceptors (Lipinski definition) is 11. The summed E-state index contributed by atoms with van der Waals surface area (Å²) in [6.07, 6.45) is 0.170. The molecule has 258 valence electrons. The summed E-state index contributed by atoms with van der Waals surface area (Å²) in [6, 6.07) is 13.9. The van der Waals surface area contributed by atoms with E-state index in [0.717, 1.165) is 16.8 Å².